The van der Waals surface area contributed by atoms with Gasteiger partial charge in [-0.2, -0.15) is 0 Å². The number of aromatic nitrogens is 1. The first-order valence-corrected chi connectivity index (χ1v) is 5.87. The monoisotopic (exact) mass is 255 g/mol. The first kappa shape index (κ1) is 12.1. The summed E-state index contributed by atoms with van der Waals surface area (Å²) in [6.45, 7) is 2.35. The zero-order valence-corrected chi connectivity index (χ0v) is 10.0. The van der Waals surface area contributed by atoms with Gasteiger partial charge in [-0.15, -0.1) is 0 Å². The molecule has 0 saturated carbocycles. The normalized spacial score (nSPS) is 15.1. The second-order valence-corrected chi connectivity index (χ2v) is 4.19. The molecule has 2 rings (SSSR count). The fraction of sp³-hybridized carbons (Fsp3) is 0.455. The Labute approximate surface area is 105 Å². The topological polar surface area (TPSA) is 63.2 Å². The average molecular weight is 256 g/mol. The van der Waals surface area contributed by atoms with E-state index < -0.39 is 0 Å². The zero-order chi connectivity index (χ0) is 12.1. The lowest BCUT2D eigenvalue weighted by atomic mass is 10.0. The summed E-state index contributed by atoms with van der Waals surface area (Å²) in [6, 6.07) is 3.45. The lowest BCUT2D eigenvalue weighted by Gasteiger charge is -2.25. The highest BCUT2D eigenvalue weighted by atomic mass is 35.5. The number of carbonyl (C=O) groups excluding carboxylic acids is 1. The molecular formula is C11H14ClN3O2. The predicted octanol–water partition coefficient (Wildman–Crippen LogP) is 0.449. The van der Waals surface area contributed by atoms with Gasteiger partial charge >= 0.3 is 0 Å². The van der Waals surface area contributed by atoms with Gasteiger partial charge in [-0.05, 0) is 12.1 Å². The minimum absolute atomic E-state index is 0.0690. The summed E-state index contributed by atoms with van der Waals surface area (Å²) in [6.07, 6.45) is 1.61. The fourth-order valence-corrected chi connectivity index (χ4v) is 1.59. The van der Waals surface area contributed by atoms with Crippen LogP contribution in [0.5, 0.6) is 5.88 Å². The molecule has 17 heavy (non-hydrogen) atoms. The number of amides is 1. The van der Waals surface area contributed by atoms with Gasteiger partial charge in [0.05, 0.1) is 12.5 Å². The third-order valence-corrected chi connectivity index (χ3v) is 2.80. The Morgan fingerprint density at radius 2 is 2.47 bits per heavy atom. The Hall–Kier alpha value is -1.33. The maximum absolute atomic E-state index is 11.5. The van der Waals surface area contributed by atoms with E-state index in [0.29, 0.717) is 24.1 Å². The van der Waals surface area contributed by atoms with E-state index in [1.807, 2.05) is 0 Å². The Morgan fingerprint density at radius 3 is 3.12 bits per heavy atom. The van der Waals surface area contributed by atoms with Gasteiger partial charge in [0.15, 0.2) is 0 Å². The summed E-state index contributed by atoms with van der Waals surface area (Å²) in [5, 5.41) is 6.32. The number of hydrogen-bond acceptors (Lipinski definition) is 4. The first-order chi connectivity index (χ1) is 8.27. The molecule has 2 heterocycles. The van der Waals surface area contributed by atoms with Gasteiger partial charge in [0, 0.05) is 19.3 Å². The molecular weight excluding hydrogens is 242 g/mol. The van der Waals surface area contributed by atoms with Crippen LogP contribution in [0, 0.1) is 5.92 Å². The number of carbonyl (C=O) groups is 1. The number of pyridine rings is 1. The van der Waals surface area contributed by atoms with Crippen LogP contribution >= 0.6 is 11.6 Å². The number of hydrogen-bond donors (Lipinski definition) is 2. The van der Waals surface area contributed by atoms with Gasteiger partial charge in [0.2, 0.25) is 11.8 Å². The maximum atomic E-state index is 11.5. The fourth-order valence-electron chi connectivity index (χ4n) is 1.42. The molecule has 1 fully saturated rings. The predicted molar refractivity (Wildman–Crippen MR) is 64.1 cm³/mol. The highest BCUT2D eigenvalue weighted by Gasteiger charge is 2.24. The molecule has 0 bridgehead atoms. The number of nitrogens with zero attached hydrogens (tertiary/aromatic N) is 1. The molecule has 0 unspecified atom stereocenters. The van der Waals surface area contributed by atoms with Crippen molar-refractivity contribution in [3.05, 3.63) is 23.4 Å². The second-order valence-electron chi connectivity index (χ2n) is 3.79. The molecule has 1 amide bonds. The largest absolute Gasteiger partial charge is 0.475 e. The summed E-state index contributed by atoms with van der Waals surface area (Å²) >= 11 is 5.86. The smallest absolute Gasteiger partial charge is 0.232 e. The Kier molecular flexibility index (Phi) is 4.17. The summed E-state index contributed by atoms with van der Waals surface area (Å²) in [4.78, 5) is 15.4. The molecule has 1 aliphatic heterocycles. The van der Waals surface area contributed by atoms with Crippen LogP contribution in [0.25, 0.3) is 0 Å². The molecule has 1 aromatic heterocycles. The van der Waals surface area contributed by atoms with Crippen molar-refractivity contribution < 1.29 is 9.53 Å². The van der Waals surface area contributed by atoms with E-state index in [4.69, 9.17) is 16.3 Å². The van der Waals surface area contributed by atoms with Gasteiger partial charge in [0.1, 0.15) is 11.6 Å². The number of rotatable bonds is 5. The van der Waals surface area contributed by atoms with Crippen molar-refractivity contribution >= 4 is 17.5 Å². The van der Waals surface area contributed by atoms with E-state index in [0.717, 1.165) is 13.1 Å². The minimum Gasteiger partial charge on any atom is -0.475 e. The molecule has 5 nitrogen and oxygen atoms in total. The van der Waals surface area contributed by atoms with Crippen LogP contribution in [-0.2, 0) is 4.79 Å². The van der Waals surface area contributed by atoms with Crippen molar-refractivity contribution in [3.8, 4) is 5.88 Å². The van der Waals surface area contributed by atoms with Crippen LogP contribution in [0.1, 0.15) is 0 Å². The minimum atomic E-state index is 0.0690. The van der Waals surface area contributed by atoms with E-state index >= 15 is 0 Å². The van der Waals surface area contributed by atoms with Crippen LogP contribution in [-0.4, -0.2) is 37.1 Å². The highest BCUT2D eigenvalue weighted by Crippen LogP contribution is 2.19. The van der Waals surface area contributed by atoms with Gasteiger partial charge in [-0.1, -0.05) is 11.6 Å². The van der Waals surface area contributed by atoms with Crippen molar-refractivity contribution in [2.45, 2.75) is 0 Å². The molecule has 92 valence electrons. The van der Waals surface area contributed by atoms with Crippen molar-refractivity contribution in [3.63, 3.8) is 0 Å². The second kappa shape index (κ2) is 5.84. The van der Waals surface area contributed by atoms with Crippen LogP contribution in [0.3, 0.4) is 0 Å². The van der Waals surface area contributed by atoms with Gasteiger partial charge < -0.3 is 15.4 Å². The standard InChI is InChI=1S/C11H14ClN3O2/c12-9-2-1-3-15-11(9)17-5-4-14-10(16)8-6-13-7-8/h1-3,8,13H,4-7H2,(H,14,16). The van der Waals surface area contributed by atoms with Crippen molar-refractivity contribution in [1.29, 1.82) is 0 Å². The Bertz CT molecular complexity index is 396. The molecule has 1 aliphatic rings. The highest BCUT2D eigenvalue weighted by molar-refractivity contribution is 6.31. The SMILES string of the molecule is O=C(NCCOc1ncccc1Cl)C1CNC1. The quantitative estimate of drug-likeness (QED) is 0.750. The van der Waals surface area contributed by atoms with Crippen LogP contribution in [0.4, 0.5) is 0 Å². The summed E-state index contributed by atoms with van der Waals surface area (Å²) < 4.78 is 5.35. The van der Waals surface area contributed by atoms with E-state index in [1.54, 1.807) is 18.3 Å². The zero-order valence-electron chi connectivity index (χ0n) is 9.28. The van der Waals surface area contributed by atoms with Gasteiger partial charge in [-0.25, -0.2) is 4.98 Å². The number of ether oxygens (including phenoxy) is 1. The molecule has 0 atom stereocenters. The van der Waals surface area contributed by atoms with E-state index in [2.05, 4.69) is 15.6 Å². The lowest BCUT2D eigenvalue weighted by molar-refractivity contribution is -0.126. The summed E-state index contributed by atoms with van der Waals surface area (Å²) in [5.41, 5.74) is 0. The molecule has 0 radical (unpaired) electrons. The Balaban J connectivity index is 1.66. The van der Waals surface area contributed by atoms with Crippen LogP contribution in [0.15, 0.2) is 18.3 Å². The molecule has 1 aromatic rings. The molecule has 6 heteroatoms. The van der Waals surface area contributed by atoms with E-state index in [-0.39, 0.29) is 11.8 Å². The third-order valence-electron chi connectivity index (χ3n) is 2.52. The molecule has 2 N–H and O–H groups in total. The number of nitrogens with one attached hydrogen (secondary N) is 2. The molecule has 0 aliphatic carbocycles. The van der Waals surface area contributed by atoms with Crippen molar-refractivity contribution in [2.24, 2.45) is 5.92 Å². The maximum Gasteiger partial charge on any atom is 0.232 e. The summed E-state index contributed by atoms with van der Waals surface area (Å²) in [5.74, 6) is 0.571. The molecule has 0 aromatic carbocycles. The first-order valence-electron chi connectivity index (χ1n) is 5.49. The van der Waals surface area contributed by atoms with E-state index in [1.165, 1.54) is 0 Å². The van der Waals surface area contributed by atoms with E-state index in [9.17, 15) is 4.79 Å². The molecule has 0 spiro atoms. The average Bonchev–Trinajstić information content (AvgIpc) is 2.24. The Morgan fingerprint density at radius 1 is 1.65 bits per heavy atom. The van der Waals surface area contributed by atoms with Gasteiger partial charge in [-0.3, -0.25) is 4.79 Å². The van der Waals surface area contributed by atoms with Crippen LogP contribution < -0.4 is 15.4 Å². The third kappa shape index (κ3) is 3.31. The van der Waals surface area contributed by atoms with Crippen molar-refractivity contribution in [2.75, 3.05) is 26.2 Å². The van der Waals surface area contributed by atoms with Crippen molar-refractivity contribution in [1.82, 2.24) is 15.6 Å². The lowest BCUT2D eigenvalue weighted by Crippen LogP contribution is -2.51. The molecule has 1 saturated heterocycles. The summed E-state index contributed by atoms with van der Waals surface area (Å²) in [7, 11) is 0. The number of halogens is 1. The van der Waals surface area contributed by atoms with Crippen LogP contribution in [0.2, 0.25) is 5.02 Å². The van der Waals surface area contributed by atoms with Gasteiger partial charge in [0.25, 0.3) is 0 Å².